The summed E-state index contributed by atoms with van der Waals surface area (Å²) in [5, 5.41) is 11.2. The van der Waals surface area contributed by atoms with Crippen molar-refractivity contribution < 1.29 is 17.9 Å². The molecule has 0 aliphatic heterocycles. The Morgan fingerprint density at radius 1 is 1.24 bits per heavy atom. The molecule has 3 rings (SSSR count). The zero-order chi connectivity index (χ0) is 23.8. The number of rotatable bonds is 11. The number of hydrogen-bond acceptors (Lipinski definition) is 8. The zero-order valence-corrected chi connectivity index (χ0v) is 20.8. The number of aromatic nitrogens is 2. The van der Waals surface area contributed by atoms with E-state index in [1.165, 1.54) is 47.4 Å². The van der Waals surface area contributed by atoms with E-state index in [9.17, 15) is 13.2 Å². The van der Waals surface area contributed by atoms with Crippen LogP contribution in [0.1, 0.15) is 6.92 Å². The Balaban J connectivity index is 1.92. The number of amides is 1. The Hall–Kier alpha value is -2.60. The average Bonchev–Trinajstić information content (AvgIpc) is 3.24. The molecule has 12 heteroatoms. The van der Waals surface area contributed by atoms with Gasteiger partial charge in [0.1, 0.15) is 12.3 Å². The van der Waals surface area contributed by atoms with Gasteiger partial charge in [-0.3, -0.25) is 14.4 Å². The van der Waals surface area contributed by atoms with Gasteiger partial charge in [0.25, 0.3) is 10.0 Å². The summed E-state index contributed by atoms with van der Waals surface area (Å²) in [7, 11) is -4.12. The lowest BCUT2D eigenvalue weighted by molar-refractivity contribution is -0.114. The smallest absolute Gasteiger partial charge is 0.264 e. The van der Waals surface area contributed by atoms with Gasteiger partial charge in [-0.05, 0) is 43.3 Å². The number of para-hydroxylation sites is 2. The molecule has 1 aromatic heterocycles. The molecule has 0 fully saturated rings. The van der Waals surface area contributed by atoms with Crippen LogP contribution < -0.4 is 14.4 Å². The molecule has 0 unspecified atom stereocenters. The molecule has 0 bridgehead atoms. The first kappa shape index (κ1) is 25.0. The molecule has 0 spiro atoms. The summed E-state index contributed by atoms with van der Waals surface area (Å²) in [6, 6.07) is 12.4. The fraction of sp³-hybridized carbons (Fsp3) is 0.190. The van der Waals surface area contributed by atoms with E-state index in [1.54, 1.807) is 37.3 Å². The Bertz CT molecular complexity index is 1220. The first-order valence-corrected chi connectivity index (χ1v) is 13.3. The van der Waals surface area contributed by atoms with Gasteiger partial charge >= 0.3 is 0 Å². The molecule has 3 aromatic rings. The highest BCUT2D eigenvalue weighted by Crippen LogP contribution is 2.33. The Kier molecular flexibility index (Phi) is 8.73. The van der Waals surface area contributed by atoms with Gasteiger partial charge in [0, 0.05) is 10.8 Å². The number of carbonyl (C=O) groups is 1. The number of nitrogens with zero attached hydrogens (tertiary/aromatic N) is 3. The van der Waals surface area contributed by atoms with E-state index < -0.39 is 22.5 Å². The van der Waals surface area contributed by atoms with Crippen LogP contribution in [-0.4, -0.2) is 43.4 Å². The second-order valence-corrected chi connectivity index (χ2v) is 10.9. The molecule has 8 nitrogen and oxygen atoms in total. The lowest BCUT2D eigenvalue weighted by Crippen LogP contribution is -2.38. The number of sulfonamides is 1. The predicted molar refractivity (Wildman–Crippen MR) is 133 cm³/mol. The van der Waals surface area contributed by atoms with Crippen LogP contribution in [0.25, 0.3) is 0 Å². The van der Waals surface area contributed by atoms with Crippen molar-refractivity contribution in [3.63, 3.8) is 0 Å². The standard InChI is InChI=1S/C21H21ClN4O4S3/c1-3-13-31-21-25-24-20(32-21)23-19(27)14-26(17-7-5-6-8-18(17)30-4-2)33(28,29)16-11-9-15(22)10-12-16/h3,5-12H,1,4,13-14H2,2H3,(H,23,24,27). The van der Waals surface area contributed by atoms with Crippen molar-refractivity contribution in [1.29, 1.82) is 0 Å². The fourth-order valence-electron chi connectivity index (χ4n) is 2.71. The van der Waals surface area contributed by atoms with Crippen LogP contribution in [0.4, 0.5) is 10.8 Å². The third-order valence-corrected chi connectivity index (χ3v) is 8.09. The average molecular weight is 525 g/mol. The van der Waals surface area contributed by atoms with E-state index in [2.05, 4.69) is 22.1 Å². The molecule has 1 heterocycles. The fourth-order valence-corrected chi connectivity index (χ4v) is 5.80. The van der Waals surface area contributed by atoms with Crippen molar-refractivity contribution in [3.8, 4) is 5.75 Å². The van der Waals surface area contributed by atoms with Crippen molar-refractivity contribution in [2.45, 2.75) is 16.2 Å². The normalized spacial score (nSPS) is 11.1. The number of hydrogen-bond donors (Lipinski definition) is 1. The highest BCUT2D eigenvalue weighted by Gasteiger charge is 2.29. The molecule has 0 aliphatic carbocycles. The van der Waals surface area contributed by atoms with Crippen LogP contribution >= 0.6 is 34.7 Å². The number of anilines is 2. The minimum atomic E-state index is -4.12. The third kappa shape index (κ3) is 6.47. The van der Waals surface area contributed by atoms with Crippen LogP contribution in [0.5, 0.6) is 5.75 Å². The van der Waals surface area contributed by atoms with E-state index in [0.29, 0.717) is 27.5 Å². The topological polar surface area (TPSA) is 101 Å². The molecule has 0 saturated heterocycles. The summed E-state index contributed by atoms with van der Waals surface area (Å²) in [6.45, 7) is 5.27. The Morgan fingerprint density at radius 2 is 1.97 bits per heavy atom. The molecular weight excluding hydrogens is 504 g/mol. The molecule has 1 N–H and O–H groups in total. The molecule has 0 aliphatic rings. The summed E-state index contributed by atoms with van der Waals surface area (Å²) in [4.78, 5) is 12.8. The van der Waals surface area contributed by atoms with Crippen LogP contribution in [0.15, 0.2) is 70.4 Å². The monoisotopic (exact) mass is 524 g/mol. The van der Waals surface area contributed by atoms with Gasteiger partial charge in [-0.25, -0.2) is 8.42 Å². The maximum atomic E-state index is 13.5. The van der Waals surface area contributed by atoms with E-state index >= 15 is 0 Å². The lowest BCUT2D eigenvalue weighted by Gasteiger charge is -2.25. The zero-order valence-electron chi connectivity index (χ0n) is 17.6. The van der Waals surface area contributed by atoms with E-state index in [4.69, 9.17) is 16.3 Å². The maximum Gasteiger partial charge on any atom is 0.264 e. The van der Waals surface area contributed by atoms with Gasteiger partial charge < -0.3 is 4.74 Å². The molecule has 0 radical (unpaired) electrons. The van der Waals surface area contributed by atoms with Gasteiger partial charge in [0.2, 0.25) is 11.0 Å². The minimum absolute atomic E-state index is 0.00923. The molecule has 33 heavy (non-hydrogen) atoms. The van der Waals surface area contributed by atoms with Gasteiger partial charge in [-0.15, -0.1) is 16.8 Å². The van der Waals surface area contributed by atoms with Crippen molar-refractivity contribution in [2.24, 2.45) is 0 Å². The van der Waals surface area contributed by atoms with Gasteiger partial charge in [0.05, 0.1) is 17.2 Å². The predicted octanol–water partition coefficient (Wildman–Crippen LogP) is 4.70. The molecule has 1 amide bonds. The molecule has 174 valence electrons. The number of ether oxygens (including phenoxy) is 1. The SMILES string of the molecule is C=CCSc1nnc(NC(=O)CN(c2ccccc2OCC)S(=O)(=O)c2ccc(Cl)cc2)s1. The van der Waals surface area contributed by atoms with Gasteiger partial charge in [0.15, 0.2) is 4.34 Å². The van der Waals surface area contributed by atoms with Crippen molar-refractivity contribution >= 4 is 61.4 Å². The molecule has 2 aromatic carbocycles. The third-order valence-electron chi connectivity index (χ3n) is 4.10. The van der Waals surface area contributed by atoms with Crippen molar-refractivity contribution in [3.05, 3.63) is 66.2 Å². The van der Waals surface area contributed by atoms with E-state index in [1.807, 2.05) is 0 Å². The second kappa shape index (κ2) is 11.5. The quantitative estimate of drug-likeness (QED) is 0.220. The molecule has 0 saturated carbocycles. The number of halogens is 1. The summed E-state index contributed by atoms with van der Waals surface area (Å²) >= 11 is 8.55. The highest BCUT2D eigenvalue weighted by atomic mass is 35.5. The van der Waals surface area contributed by atoms with E-state index in [-0.39, 0.29) is 15.7 Å². The lowest BCUT2D eigenvalue weighted by atomic mass is 10.3. The summed E-state index contributed by atoms with van der Waals surface area (Å²) in [6.07, 6.45) is 1.74. The summed E-state index contributed by atoms with van der Waals surface area (Å²) in [5.74, 6) is 0.420. The number of thioether (sulfide) groups is 1. The second-order valence-electron chi connectivity index (χ2n) is 6.39. The van der Waals surface area contributed by atoms with Crippen LogP contribution in [0.2, 0.25) is 5.02 Å². The largest absolute Gasteiger partial charge is 0.492 e. The van der Waals surface area contributed by atoms with Crippen molar-refractivity contribution in [2.75, 3.05) is 28.5 Å². The summed E-state index contributed by atoms with van der Waals surface area (Å²) in [5.41, 5.74) is 0.240. The van der Waals surface area contributed by atoms with Crippen molar-refractivity contribution in [1.82, 2.24) is 10.2 Å². The first-order chi connectivity index (χ1) is 15.8. The minimum Gasteiger partial charge on any atom is -0.492 e. The molecule has 0 atom stereocenters. The maximum absolute atomic E-state index is 13.5. The number of benzene rings is 2. The van der Waals surface area contributed by atoms with Gasteiger partial charge in [-0.1, -0.05) is 52.9 Å². The van der Waals surface area contributed by atoms with Crippen LogP contribution in [0, 0.1) is 0 Å². The van der Waals surface area contributed by atoms with E-state index in [0.717, 1.165) is 4.31 Å². The Labute approximate surface area is 205 Å². The highest BCUT2D eigenvalue weighted by molar-refractivity contribution is 8.01. The first-order valence-electron chi connectivity index (χ1n) is 9.72. The number of nitrogens with one attached hydrogen (secondary N) is 1. The number of carbonyl (C=O) groups excluding carboxylic acids is 1. The Morgan fingerprint density at radius 3 is 2.67 bits per heavy atom. The summed E-state index contributed by atoms with van der Waals surface area (Å²) < 4.78 is 34.3. The van der Waals surface area contributed by atoms with Crippen LogP contribution in [0.3, 0.4) is 0 Å². The van der Waals surface area contributed by atoms with Gasteiger partial charge in [-0.2, -0.15) is 0 Å². The van der Waals surface area contributed by atoms with Crippen LogP contribution in [-0.2, 0) is 14.8 Å². The molecular formula is C21H21ClN4O4S3.